The van der Waals surface area contributed by atoms with Gasteiger partial charge in [-0.2, -0.15) is 0 Å². The number of methoxy groups -OCH3 is 1. The molecular formula is C25H24N2O6. The maximum atomic E-state index is 12.3. The quantitative estimate of drug-likeness (QED) is 0.476. The second-order valence-corrected chi connectivity index (χ2v) is 7.68. The van der Waals surface area contributed by atoms with E-state index in [1.807, 2.05) is 36.4 Å². The molecule has 0 spiro atoms. The van der Waals surface area contributed by atoms with Crippen LogP contribution >= 0.6 is 0 Å². The number of benzene rings is 2. The lowest BCUT2D eigenvalue weighted by Gasteiger charge is -2.19. The van der Waals surface area contributed by atoms with Crippen LogP contribution in [0, 0.1) is 0 Å². The molecule has 8 nitrogen and oxygen atoms in total. The SMILES string of the molecule is COC(=O)c1cc(C(O)C(O)CNC(=O)OCC2c3ccccc3-c3ccccc32)ccn1. The molecule has 2 atom stereocenters. The van der Waals surface area contributed by atoms with Gasteiger partial charge in [-0.25, -0.2) is 14.6 Å². The number of esters is 1. The van der Waals surface area contributed by atoms with Crippen LogP contribution in [0.4, 0.5) is 4.79 Å². The molecule has 3 aromatic rings. The lowest BCUT2D eigenvalue weighted by Crippen LogP contribution is -2.36. The van der Waals surface area contributed by atoms with Gasteiger partial charge in [-0.3, -0.25) is 0 Å². The number of carbonyl (C=O) groups excluding carboxylic acids is 2. The number of ether oxygens (including phenoxy) is 2. The lowest BCUT2D eigenvalue weighted by atomic mass is 9.98. The van der Waals surface area contributed by atoms with Crippen LogP contribution in [0.3, 0.4) is 0 Å². The highest BCUT2D eigenvalue weighted by Crippen LogP contribution is 2.44. The third kappa shape index (κ3) is 4.72. The molecule has 0 bridgehead atoms. The summed E-state index contributed by atoms with van der Waals surface area (Å²) >= 11 is 0. The maximum absolute atomic E-state index is 12.3. The monoisotopic (exact) mass is 448 g/mol. The zero-order valence-corrected chi connectivity index (χ0v) is 18.0. The largest absolute Gasteiger partial charge is 0.464 e. The Balaban J connectivity index is 1.33. The highest BCUT2D eigenvalue weighted by molar-refractivity contribution is 5.87. The molecule has 4 rings (SSSR count). The van der Waals surface area contributed by atoms with E-state index in [9.17, 15) is 19.8 Å². The minimum Gasteiger partial charge on any atom is -0.464 e. The summed E-state index contributed by atoms with van der Waals surface area (Å²) in [7, 11) is 1.22. The topological polar surface area (TPSA) is 118 Å². The first-order chi connectivity index (χ1) is 16.0. The highest BCUT2D eigenvalue weighted by atomic mass is 16.5. The number of aliphatic hydroxyl groups excluding tert-OH is 2. The van der Waals surface area contributed by atoms with Gasteiger partial charge in [0.05, 0.1) is 7.11 Å². The van der Waals surface area contributed by atoms with Gasteiger partial charge in [0.15, 0.2) is 0 Å². The van der Waals surface area contributed by atoms with Gasteiger partial charge in [0.1, 0.15) is 24.5 Å². The zero-order valence-electron chi connectivity index (χ0n) is 18.0. The third-order valence-corrected chi connectivity index (χ3v) is 5.68. The summed E-state index contributed by atoms with van der Waals surface area (Å²) in [5, 5.41) is 23.1. The normalized spacial score (nSPS) is 14.0. The van der Waals surface area contributed by atoms with Crippen molar-refractivity contribution >= 4 is 12.1 Å². The highest BCUT2D eigenvalue weighted by Gasteiger charge is 2.29. The van der Waals surface area contributed by atoms with Crippen LogP contribution in [0.2, 0.25) is 0 Å². The van der Waals surface area contributed by atoms with Crippen molar-refractivity contribution in [2.75, 3.05) is 20.3 Å². The first-order valence-corrected chi connectivity index (χ1v) is 10.5. The zero-order chi connectivity index (χ0) is 23.4. The Labute approximate surface area is 190 Å². The van der Waals surface area contributed by atoms with Crippen molar-refractivity contribution < 1.29 is 29.3 Å². The van der Waals surface area contributed by atoms with Crippen molar-refractivity contribution in [1.82, 2.24) is 10.3 Å². The van der Waals surface area contributed by atoms with Crippen molar-refractivity contribution in [2.24, 2.45) is 0 Å². The Morgan fingerprint density at radius 1 is 1.03 bits per heavy atom. The van der Waals surface area contributed by atoms with E-state index in [0.717, 1.165) is 22.3 Å². The molecule has 2 unspecified atom stereocenters. The van der Waals surface area contributed by atoms with Gasteiger partial charge in [-0.15, -0.1) is 0 Å². The summed E-state index contributed by atoms with van der Waals surface area (Å²) in [4.78, 5) is 27.7. The predicted octanol–water partition coefficient (Wildman–Crippen LogP) is 2.80. The van der Waals surface area contributed by atoms with E-state index in [1.54, 1.807) is 0 Å². The number of aliphatic hydroxyl groups is 2. The minimum atomic E-state index is -1.34. The Morgan fingerprint density at radius 2 is 1.67 bits per heavy atom. The van der Waals surface area contributed by atoms with Crippen LogP contribution in [0.15, 0.2) is 66.9 Å². The first-order valence-electron chi connectivity index (χ1n) is 10.5. The fourth-order valence-electron chi connectivity index (χ4n) is 4.02. The Hall–Kier alpha value is -3.75. The predicted molar refractivity (Wildman–Crippen MR) is 120 cm³/mol. The number of rotatable bonds is 7. The fraction of sp³-hybridized carbons (Fsp3) is 0.240. The van der Waals surface area contributed by atoms with E-state index in [-0.39, 0.29) is 30.3 Å². The summed E-state index contributed by atoms with van der Waals surface area (Å²) < 4.78 is 10.0. The van der Waals surface area contributed by atoms with Crippen LogP contribution in [-0.4, -0.2) is 53.6 Å². The molecule has 1 aromatic heterocycles. The second kappa shape index (κ2) is 9.81. The molecule has 2 aromatic carbocycles. The summed E-state index contributed by atoms with van der Waals surface area (Å²) in [5.74, 6) is -0.734. The average Bonchev–Trinajstić information content (AvgIpc) is 3.18. The van der Waals surface area contributed by atoms with Crippen molar-refractivity contribution in [1.29, 1.82) is 0 Å². The number of fused-ring (bicyclic) bond motifs is 3. The van der Waals surface area contributed by atoms with Gasteiger partial charge in [-0.1, -0.05) is 48.5 Å². The van der Waals surface area contributed by atoms with E-state index in [1.165, 1.54) is 25.4 Å². The average molecular weight is 448 g/mol. The van der Waals surface area contributed by atoms with Crippen LogP contribution in [-0.2, 0) is 9.47 Å². The minimum absolute atomic E-state index is 0.00532. The number of carbonyl (C=O) groups is 2. The molecule has 0 radical (unpaired) electrons. The van der Waals surface area contributed by atoms with E-state index in [0.29, 0.717) is 0 Å². The van der Waals surface area contributed by atoms with E-state index in [2.05, 4.69) is 27.2 Å². The number of hydrogen-bond acceptors (Lipinski definition) is 7. The van der Waals surface area contributed by atoms with Crippen LogP contribution in [0.25, 0.3) is 11.1 Å². The molecule has 3 N–H and O–H groups in total. The number of nitrogens with zero attached hydrogens (tertiary/aromatic N) is 1. The van der Waals surface area contributed by atoms with Crippen molar-refractivity contribution in [3.8, 4) is 11.1 Å². The Bertz CT molecular complexity index is 1120. The van der Waals surface area contributed by atoms with Gasteiger partial charge in [0.25, 0.3) is 0 Å². The van der Waals surface area contributed by atoms with Gasteiger partial charge in [0, 0.05) is 18.7 Å². The number of amides is 1. The molecule has 0 saturated carbocycles. The standard InChI is InChI=1S/C25H24N2O6/c1-32-24(30)21-12-15(10-11-26-21)23(29)22(28)13-27-25(31)33-14-20-18-8-4-2-6-16(18)17-7-3-5-9-19(17)20/h2-12,20,22-23,28-29H,13-14H2,1H3,(H,27,31). The van der Waals surface area contributed by atoms with Crippen molar-refractivity contribution in [2.45, 2.75) is 18.1 Å². The molecule has 170 valence electrons. The summed E-state index contributed by atoms with van der Waals surface area (Å²) in [6.07, 6.45) is -2.03. The second-order valence-electron chi connectivity index (χ2n) is 7.68. The van der Waals surface area contributed by atoms with E-state index >= 15 is 0 Å². The summed E-state index contributed by atoms with van der Waals surface area (Å²) in [6.45, 7) is -0.0981. The van der Waals surface area contributed by atoms with E-state index in [4.69, 9.17) is 4.74 Å². The molecule has 0 fully saturated rings. The molecule has 8 heteroatoms. The first kappa shape index (κ1) is 22.4. The molecule has 0 aliphatic heterocycles. The summed E-state index contributed by atoms with van der Waals surface area (Å²) in [6, 6.07) is 18.8. The van der Waals surface area contributed by atoms with Crippen LogP contribution < -0.4 is 5.32 Å². The number of aromatic nitrogens is 1. The molecule has 1 amide bonds. The van der Waals surface area contributed by atoms with Gasteiger partial charge in [-0.05, 0) is 39.9 Å². The van der Waals surface area contributed by atoms with Crippen LogP contribution in [0.5, 0.6) is 0 Å². The third-order valence-electron chi connectivity index (χ3n) is 5.68. The maximum Gasteiger partial charge on any atom is 0.407 e. The number of hydrogen-bond donors (Lipinski definition) is 3. The van der Waals surface area contributed by atoms with Gasteiger partial charge < -0.3 is 25.0 Å². The molecular weight excluding hydrogens is 424 g/mol. The Kier molecular flexibility index (Phi) is 6.67. The molecule has 1 aliphatic carbocycles. The summed E-state index contributed by atoms with van der Waals surface area (Å²) in [5.41, 5.74) is 4.73. The Morgan fingerprint density at radius 3 is 2.30 bits per heavy atom. The van der Waals surface area contributed by atoms with Gasteiger partial charge in [0.2, 0.25) is 0 Å². The molecule has 33 heavy (non-hydrogen) atoms. The molecule has 1 aliphatic rings. The smallest absolute Gasteiger partial charge is 0.407 e. The number of nitrogens with one attached hydrogen (secondary N) is 1. The van der Waals surface area contributed by atoms with E-state index < -0.39 is 24.3 Å². The fourth-order valence-corrected chi connectivity index (χ4v) is 4.02. The lowest BCUT2D eigenvalue weighted by molar-refractivity contribution is 0.0184. The molecule has 1 heterocycles. The van der Waals surface area contributed by atoms with Crippen molar-refractivity contribution in [3.63, 3.8) is 0 Å². The van der Waals surface area contributed by atoms with Crippen LogP contribution in [0.1, 0.15) is 39.2 Å². The van der Waals surface area contributed by atoms with Gasteiger partial charge >= 0.3 is 12.1 Å². The van der Waals surface area contributed by atoms with Crippen molar-refractivity contribution in [3.05, 3.63) is 89.2 Å². The number of alkyl carbamates (subject to hydrolysis) is 1. The molecule has 0 saturated heterocycles. The number of pyridine rings is 1.